The van der Waals surface area contributed by atoms with Gasteiger partial charge in [-0.05, 0) is 81.6 Å². The number of rotatable bonds is 6. The highest BCUT2D eigenvalue weighted by molar-refractivity contribution is 14.1. The average molecular weight is 714 g/mol. The maximum absolute atomic E-state index is 12.7. The summed E-state index contributed by atoms with van der Waals surface area (Å²) in [5, 5.41) is 5.33. The van der Waals surface area contributed by atoms with Crippen molar-refractivity contribution < 1.29 is 28.7 Å². The van der Waals surface area contributed by atoms with Crippen molar-refractivity contribution in [2.45, 2.75) is 33.8 Å². The van der Waals surface area contributed by atoms with Crippen LogP contribution in [-0.4, -0.2) is 36.5 Å². The molecule has 148 valence electrons. The number of amides is 2. The first-order valence-electron chi connectivity index (χ1n) is 7.64. The van der Waals surface area contributed by atoms with Crippen LogP contribution >= 0.6 is 67.8 Å². The highest BCUT2D eigenvalue weighted by atomic mass is 127. The van der Waals surface area contributed by atoms with Crippen molar-refractivity contribution in [1.29, 1.82) is 0 Å². The van der Waals surface area contributed by atoms with Crippen LogP contribution < -0.4 is 10.6 Å². The number of halogens is 3. The molecule has 0 bridgehead atoms. The Hall–Kier alpha value is -0.710. The van der Waals surface area contributed by atoms with Gasteiger partial charge in [0.15, 0.2) is 6.10 Å². The minimum absolute atomic E-state index is 0.139. The molecule has 27 heavy (non-hydrogen) atoms. The van der Waals surface area contributed by atoms with Gasteiger partial charge in [0.05, 0.1) is 34.3 Å². The second-order valence-electron chi connectivity index (χ2n) is 5.23. The zero-order valence-corrected chi connectivity index (χ0v) is 21.3. The number of esters is 2. The fourth-order valence-electron chi connectivity index (χ4n) is 1.94. The van der Waals surface area contributed by atoms with Crippen LogP contribution in [0.15, 0.2) is 0 Å². The summed E-state index contributed by atoms with van der Waals surface area (Å²) in [7, 11) is 0. The molecule has 1 atom stereocenters. The molecule has 1 aromatic carbocycles. The molecule has 0 fully saturated rings. The second-order valence-corrected chi connectivity index (χ2v) is 8.47. The predicted molar refractivity (Wildman–Crippen MR) is 125 cm³/mol. The van der Waals surface area contributed by atoms with Crippen LogP contribution in [0.3, 0.4) is 0 Å². The number of carbonyl (C=O) groups excluding carboxylic acids is 4. The summed E-state index contributed by atoms with van der Waals surface area (Å²) in [5.74, 6) is -2.09. The van der Waals surface area contributed by atoms with Crippen molar-refractivity contribution in [2.24, 2.45) is 0 Å². The fourth-order valence-corrected chi connectivity index (χ4v) is 6.09. The summed E-state index contributed by atoms with van der Waals surface area (Å²) in [6.45, 7) is 5.90. The van der Waals surface area contributed by atoms with E-state index in [2.05, 4.69) is 10.6 Å². The summed E-state index contributed by atoms with van der Waals surface area (Å²) < 4.78 is 11.5. The quantitative estimate of drug-likeness (QED) is 0.345. The summed E-state index contributed by atoms with van der Waals surface area (Å²) in [6.07, 6.45) is -1.10. The van der Waals surface area contributed by atoms with E-state index in [1.54, 1.807) is 6.92 Å². The third-order valence-electron chi connectivity index (χ3n) is 3.03. The van der Waals surface area contributed by atoms with Crippen LogP contribution in [0.4, 0.5) is 11.4 Å². The molecule has 1 aromatic rings. The normalized spacial score (nSPS) is 11.4. The summed E-state index contributed by atoms with van der Waals surface area (Å²) >= 11 is 5.82. The third kappa shape index (κ3) is 6.40. The Morgan fingerprint density at radius 2 is 1.37 bits per heavy atom. The molecule has 0 aromatic heterocycles. The van der Waals surface area contributed by atoms with E-state index in [0.29, 0.717) is 22.1 Å². The molecule has 11 heteroatoms. The molecule has 0 aliphatic heterocycles. The number of nitrogens with one attached hydrogen (secondary N) is 2. The second kappa shape index (κ2) is 10.7. The molecule has 2 amide bonds. The number of benzene rings is 1. The van der Waals surface area contributed by atoms with Gasteiger partial charge in [-0.3, -0.25) is 9.59 Å². The van der Waals surface area contributed by atoms with Gasteiger partial charge in [0.2, 0.25) is 11.8 Å². The number of hydrogen-bond acceptors (Lipinski definition) is 6. The Morgan fingerprint density at radius 1 is 0.926 bits per heavy atom. The van der Waals surface area contributed by atoms with Crippen molar-refractivity contribution in [3.8, 4) is 0 Å². The Labute approximate surface area is 197 Å². The summed E-state index contributed by atoms with van der Waals surface area (Å²) in [6, 6.07) is 0. The number of ether oxygens (including phenoxy) is 2. The van der Waals surface area contributed by atoms with Gasteiger partial charge in [0, 0.05) is 13.8 Å². The fraction of sp³-hybridized carbons (Fsp3) is 0.375. The molecular formula is C16H17I3N2O6. The molecule has 0 aliphatic carbocycles. The SMILES string of the molecule is CCOC(=O)C(C)OC(=O)c1c(I)c(NC(C)=O)c(I)c(NC(C)=O)c1I. The highest BCUT2D eigenvalue weighted by Gasteiger charge is 2.29. The van der Waals surface area contributed by atoms with E-state index in [1.807, 2.05) is 67.8 Å². The van der Waals surface area contributed by atoms with E-state index >= 15 is 0 Å². The maximum Gasteiger partial charge on any atom is 0.347 e. The largest absolute Gasteiger partial charge is 0.463 e. The van der Waals surface area contributed by atoms with E-state index in [9.17, 15) is 19.2 Å². The molecule has 2 N–H and O–H groups in total. The molecule has 0 spiro atoms. The van der Waals surface area contributed by atoms with Gasteiger partial charge < -0.3 is 20.1 Å². The van der Waals surface area contributed by atoms with Crippen molar-refractivity contribution in [3.63, 3.8) is 0 Å². The molecule has 1 unspecified atom stereocenters. The van der Waals surface area contributed by atoms with Crippen LogP contribution in [0.5, 0.6) is 0 Å². The molecule has 8 nitrogen and oxygen atoms in total. The first kappa shape index (κ1) is 24.3. The van der Waals surface area contributed by atoms with Gasteiger partial charge >= 0.3 is 11.9 Å². The van der Waals surface area contributed by atoms with Crippen molar-refractivity contribution >= 4 is 103 Å². The van der Waals surface area contributed by atoms with E-state index in [0.717, 1.165) is 0 Å². The van der Waals surface area contributed by atoms with Gasteiger partial charge in [0.1, 0.15) is 0 Å². The van der Waals surface area contributed by atoms with Gasteiger partial charge in [-0.1, -0.05) is 0 Å². The van der Waals surface area contributed by atoms with Gasteiger partial charge in [-0.15, -0.1) is 0 Å². The number of hydrogen-bond donors (Lipinski definition) is 2. The van der Waals surface area contributed by atoms with Crippen LogP contribution in [0, 0.1) is 10.7 Å². The van der Waals surface area contributed by atoms with Gasteiger partial charge in [-0.2, -0.15) is 0 Å². The first-order valence-corrected chi connectivity index (χ1v) is 10.9. The number of carbonyl (C=O) groups is 4. The Bertz CT molecular complexity index is 754. The molecule has 1 rings (SSSR count). The Kier molecular flexibility index (Phi) is 9.67. The first-order chi connectivity index (χ1) is 12.5. The van der Waals surface area contributed by atoms with Crippen LogP contribution in [0.1, 0.15) is 38.1 Å². The van der Waals surface area contributed by atoms with Gasteiger partial charge in [0.25, 0.3) is 0 Å². The molecule has 0 saturated heterocycles. The van der Waals surface area contributed by atoms with Crippen molar-refractivity contribution in [1.82, 2.24) is 0 Å². The zero-order chi connectivity index (χ0) is 20.9. The predicted octanol–water partition coefficient (Wildman–Crippen LogP) is 3.53. The minimum Gasteiger partial charge on any atom is -0.463 e. The molecular weight excluding hydrogens is 697 g/mol. The Morgan fingerprint density at radius 3 is 1.74 bits per heavy atom. The van der Waals surface area contributed by atoms with Crippen LogP contribution in [0.25, 0.3) is 0 Å². The molecule has 0 heterocycles. The minimum atomic E-state index is -1.10. The maximum atomic E-state index is 12.7. The van der Waals surface area contributed by atoms with Crippen LogP contribution in [-0.2, 0) is 23.9 Å². The summed E-state index contributed by atoms with van der Waals surface area (Å²) in [4.78, 5) is 47.6. The molecule has 0 saturated carbocycles. The highest BCUT2D eigenvalue weighted by Crippen LogP contribution is 2.39. The molecule has 0 radical (unpaired) electrons. The lowest BCUT2D eigenvalue weighted by Gasteiger charge is -2.20. The van der Waals surface area contributed by atoms with E-state index in [-0.39, 0.29) is 24.0 Å². The van der Waals surface area contributed by atoms with E-state index in [4.69, 9.17) is 9.47 Å². The van der Waals surface area contributed by atoms with E-state index < -0.39 is 18.0 Å². The average Bonchev–Trinajstić information content (AvgIpc) is 2.55. The topological polar surface area (TPSA) is 111 Å². The summed E-state index contributed by atoms with van der Waals surface area (Å²) in [5.41, 5.74) is 0.896. The number of anilines is 2. The third-order valence-corrected chi connectivity index (χ3v) is 6.26. The monoisotopic (exact) mass is 714 g/mol. The lowest BCUT2D eigenvalue weighted by atomic mass is 10.1. The standard InChI is InChI=1S/C16H17I3N2O6/c1-5-26-15(24)6(2)27-16(25)9-10(17)13(20-7(3)22)12(19)14(11(9)18)21-8(4)23/h6H,5H2,1-4H3,(H,20,22)(H,21,23). The molecule has 0 aliphatic rings. The van der Waals surface area contributed by atoms with Crippen molar-refractivity contribution in [3.05, 3.63) is 16.3 Å². The Balaban J connectivity index is 3.47. The van der Waals surface area contributed by atoms with Crippen molar-refractivity contribution in [2.75, 3.05) is 17.2 Å². The van der Waals surface area contributed by atoms with Gasteiger partial charge in [-0.25, -0.2) is 9.59 Å². The lowest BCUT2D eigenvalue weighted by molar-refractivity contribution is -0.152. The van der Waals surface area contributed by atoms with Crippen LogP contribution in [0.2, 0.25) is 0 Å². The lowest BCUT2D eigenvalue weighted by Crippen LogP contribution is -2.27. The zero-order valence-electron chi connectivity index (χ0n) is 14.9. The smallest absolute Gasteiger partial charge is 0.347 e. The van der Waals surface area contributed by atoms with E-state index in [1.165, 1.54) is 20.8 Å².